The molecule has 1 atom stereocenters. The molecule has 1 aromatic rings. The number of likely N-dealkylation sites (tertiary alicyclic amines) is 1. The smallest absolute Gasteiger partial charge is 0.231 e. The van der Waals surface area contributed by atoms with Crippen LogP contribution in [0.15, 0.2) is 0 Å². The molecule has 1 aliphatic heterocycles. The number of carbonyl (C=O) groups excluding carboxylic acids is 2. The van der Waals surface area contributed by atoms with Gasteiger partial charge in [-0.3, -0.25) is 9.59 Å². The number of aromatic nitrogens is 1. The molecular weight excluding hydrogens is 278 g/mol. The molecule has 1 N–H and O–H groups in total. The van der Waals surface area contributed by atoms with Gasteiger partial charge < -0.3 is 15.0 Å². The molecule has 1 aromatic heterocycles. The summed E-state index contributed by atoms with van der Waals surface area (Å²) in [6.07, 6.45) is 0.263. The lowest BCUT2D eigenvalue weighted by molar-refractivity contribution is -0.128. The van der Waals surface area contributed by atoms with Crippen LogP contribution < -0.4 is 5.32 Å². The second-order valence-electron chi connectivity index (χ2n) is 4.88. The van der Waals surface area contributed by atoms with Crippen molar-refractivity contribution in [1.82, 2.24) is 9.88 Å². The molecule has 0 radical (unpaired) electrons. The molecular formula is C13H19N3O3S. The van der Waals surface area contributed by atoms with Gasteiger partial charge in [-0.2, -0.15) is 0 Å². The number of ether oxygens (including phenoxy) is 1. The van der Waals surface area contributed by atoms with Gasteiger partial charge in [0.05, 0.1) is 18.2 Å². The Labute approximate surface area is 122 Å². The Morgan fingerprint density at radius 1 is 1.55 bits per heavy atom. The van der Waals surface area contributed by atoms with E-state index in [4.69, 9.17) is 4.74 Å². The summed E-state index contributed by atoms with van der Waals surface area (Å²) in [4.78, 5) is 31.0. The van der Waals surface area contributed by atoms with Gasteiger partial charge in [0.2, 0.25) is 11.8 Å². The lowest BCUT2D eigenvalue weighted by Gasteiger charge is -2.15. The molecule has 1 saturated heterocycles. The molecule has 0 saturated carbocycles. The highest BCUT2D eigenvalue weighted by molar-refractivity contribution is 7.15. The predicted octanol–water partition coefficient (Wildman–Crippen LogP) is 1.19. The maximum atomic E-state index is 12.1. The molecule has 20 heavy (non-hydrogen) atoms. The summed E-state index contributed by atoms with van der Waals surface area (Å²) in [7, 11) is 1.60. The van der Waals surface area contributed by atoms with Gasteiger partial charge in [-0.1, -0.05) is 0 Å². The van der Waals surface area contributed by atoms with E-state index in [9.17, 15) is 9.59 Å². The van der Waals surface area contributed by atoms with Crippen molar-refractivity contribution < 1.29 is 14.3 Å². The molecule has 0 unspecified atom stereocenters. The van der Waals surface area contributed by atoms with Crippen LogP contribution in [0.5, 0.6) is 0 Å². The minimum Gasteiger partial charge on any atom is -0.383 e. The molecule has 2 heterocycles. The van der Waals surface area contributed by atoms with Crippen molar-refractivity contribution in [1.29, 1.82) is 0 Å². The molecule has 0 spiro atoms. The summed E-state index contributed by atoms with van der Waals surface area (Å²) in [5.41, 5.74) is 0.925. The number of aryl methyl sites for hydroxylation is 2. The minimum atomic E-state index is -0.302. The van der Waals surface area contributed by atoms with E-state index in [1.54, 1.807) is 12.0 Å². The summed E-state index contributed by atoms with van der Waals surface area (Å²) in [6.45, 7) is 5.36. The average Bonchev–Trinajstić information content (AvgIpc) is 2.91. The third-order valence-corrected chi connectivity index (χ3v) is 4.40. The molecule has 0 aliphatic carbocycles. The minimum absolute atomic E-state index is 0.00806. The summed E-state index contributed by atoms with van der Waals surface area (Å²) < 4.78 is 4.96. The van der Waals surface area contributed by atoms with Crippen molar-refractivity contribution in [2.45, 2.75) is 20.3 Å². The maximum absolute atomic E-state index is 12.1. The predicted molar refractivity (Wildman–Crippen MR) is 76.8 cm³/mol. The van der Waals surface area contributed by atoms with Gasteiger partial charge in [-0.05, 0) is 13.8 Å². The van der Waals surface area contributed by atoms with Crippen molar-refractivity contribution in [3.8, 4) is 0 Å². The maximum Gasteiger partial charge on any atom is 0.231 e. The van der Waals surface area contributed by atoms with Crippen LogP contribution in [0, 0.1) is 19.8 Å². The van der Waals surface area contributed by atoms with Gasteiger partial charge in [0, 0.05) is 31.5 Å². The van der Waals surface area contributed by atoms with Gasteiger partial charge in [-0.25, -0.2) is 4.98 Å². The third kappa shape index (κ3) is 3.34. The second kappa shape index (κ2) is 6.32. The van der Waals surface area contributed by atoms with Crippen LogP contribution in [0.2, 0.25) is 0 Å². The van der Waals surface area contributed by atoms with Crippen molar-refractivity contribution in [3.05, 3.63) is 10.6 Å². The molecule has 110 valence electrons. The monoisotopic (exact) mass is 297 g/mol. The number of nitrogens with zero attached hydrogens (tertiary/aromatic N) is 2. The number of methoxy groups -OCH3 is 1. The van der Waals surface area contributed by atoms with Crippen LogP contribution in [0.4, 0.5) is 5.13 Å². The Hall–Kier alpha value is -1.47. The van der Waals surface area contributed by atoms with E-state index in [1.807, 2.05) is 13.8 Å². The number of nitrogens with one attached hydrogen (secondary N) is 1. The highest BCUT2D eigenvalue weighted by Gasteiger charge is 2.34. The topological polar surface area (TPSA) is 71.5 Å². The first kappa shape index (κ1) is 14.9. The zero-order valence-electron chi connectivity index (χ0n) is 11.9. The van der Waals surface area contributed by atoms with Crippen molar-refractivity contribution in [3.63, 3.8) is 0 Å². The van der Waals surface area contributed by atoms with Crippen LogP contribution in [0.1, 0.15) is 17.0 Å². The first-order chi connectivity index (χ1) is 9.51. The molecule has 1 aliphatic rings. The Morgan fingerprint density at radius 2 is 2.30 bits per heavy atom. The molecule has 0 bridgehead atoms. The van der Waals surface area contributed by atoms with Crippen molar-refractivity contribution in [2.75, 3.05) is 32.1 Å². The zero-order chi connectivity index (χ0) is 14.7. The Kier molecular flexibility index (Phi) is 4.72. The van der Waals surface area contributed by atoms with Crippen molar-refractivity contribution in [2.24, 2.45) is 5.92 Å². The van der Waals surface area contributed by atoms with Gasteiger partial charge in [0.1, 0.15) is 0 Å². The van der Waals surface area contributed by atoms with E-state index in [1.165, 1.54) is 11.3 Å². The molecule has 7 heteroatoms. The van der Waals surface area contributed by atoms with Crippen LogP contribution in [0.25, 0.3) is 0 Å². The number of carbonyl (C=O) groups is 2. The molecule has 1 fully saturated rings. The normalized spacial score (nSPS) is 18.6. The number of amides is 2. The third-order valence-electron chi connectivity index (χ3n) is 3.41. The van der Waals surface area contributed by atoms with Crippen molar-refractivity contribution >= 4 is 28.3 Å². The zero-order valence-corrected chi connectivity index (χ0v) is 12.7. The van der Waals surface area contributed by atoms with Gasteiger partial charge in [0.25, 0.3) is 0 Å². The summed E-state index contributed by atoms with van der Waals surface area (Å²) in [6, 6.07) is 0. The van der Waals surface area contributed by atoms with Gasteiger partial charge in [0.15, 0.2) is 5.13 Å². The molecule has 6 nitrogen and oxygen atoms in total. The van der Waals surface area contributed by atoms with E-state index < -0.39 is 0 Å². The molecule has 2 amide bonds. The number of anilines is 1. The largest absolute Gasteiger partial charge is 0.383 e. The van der Waals surface area contributed by atoms with Crippen LogP contribution in [0.3, 0.4) is 0 Å². The number of rotatable bonds is 5. The van der Waals surface area contributed by atoms with E-state index in [-0.39, 0.29) is 24.2 Å². The standard InChI is InChI=1S/C13H19N3O3S/c1-8-9(2)20-13(14-8)15-12(18)10-6-11(17)16(7-10)4-5-19-3/h10H,4-7H2,1-3H3,(H,14,15,18)/t10-/m0/s1. The number of hydrogen-bond acceptors (Lipinski definition) is 5. The lowest BCUT2D eigenvalue weighted by Crippen LogP contribution is -2.30. The average molecular weight is 297 g/mol. The van der Waals surface area contributed by atoms with E-state index >= 15 is 0 Å². The summed E-state index contributed by atoms with van der Waals surface area (Å²) in [5, 5.41) is 3.41. The van der Waals surface area contributed by atoms with E-state index in [2.05, 4.69) is 10.3 Å². The number of hydrogen-bond donors (Lipinski definition) is 1. The quantitative estimate of drug-likeness (QED) is 0.886. The fourth-order valence-corrected chi connectivity index (χ4v) is 2.92. The van der Waals surface area contributed by atoms with Gasteiger partial charge >= 0.3 is 0 Å². The highest BCUT2D eigenvalue weighted by atomic mass is 32.1. The fraction of sp³-hybridized carbons (Fsp3) is 0.615. The first-order valence-corrected chi connectivity index (χ1v) is 7.34. The van der Waals surface area contributed by atoms with Gasteiger partial charge in [-0.15, -0.1) is 11.3 Å². The summed E-state index contributed by atoms with van der Waals surface area (Å²) >= 11 is 1.46. The highest BCUT2D eigenvalue weighted by Crippen LogP contribution is 2.24. The van der Waals surface area contributed by atoms with Crippen LogP contribution in [-0.4, -0.2) is 48.5 Å². The Balaban J connectivity index is 1.92. The SMILES string of the molecule is COCCN1C[C@@H](C(=O)Nc2nc(C)c(C)s2)CC1=O. The van der Waals surface area contributed by atoms with Crippen LogP contribution in [-0.2, 0) is 14.3 Å². The lowest BCUT2D eigenvalue weighted by atomic mass is 10.1. The van der Waals surface area contributed by atoms with E-state index in [0.717, 1.165) is 10.6 Å². The summed E-state index contributed by atoms with van der Waals surface area (Å²) in [5.74, 6) is -0.426. The number of thiazole rings is 1. The Bertz CT molecular complexity index is 495. The van der Waals surface area contributed by atoms with Crippen LogP contribution >= 0.6 is 11.3 Å². The second-order valence-corrected chi connectivity index (χ2v) is 6.09. The Morgan fingerprint density at radius 3 is 2.90 bits per heavy atom. The first-order valence-electron chi connectivity index (χ1n) is 6.53. The molecule has 0 aromatic carbocycles. The molecule has 2 rings (SSSR count). The van der Waals surface area contributed by atoms with E-state index in [0.29, 0.717) is 24.8 Å². The fourth-order valence-electron chi connectivity index (χ4n) is 2.10.